The van der Waals surface area contributed by atoms with Crippen LogP contribution < -0.4 is 4.74 Å². The second kappa shape index (κ2) is 8.19. The molecule has 0 aliphatic carbocycles. The molecule has 7 heteroatoms. The molecule has 1 aromatic carbocycles. The Kier molecular flexibility index (Phi) is 5.47. The third-order valence-corrected chi connectivity index (χ3v) is 5.98. The first kappa shape index (κ1) is 19.4. The average Bonchev–Trinajstić information content (AvgIpc) is 3.32. The number of carbonyl (C=O) groups is 2. The molecule has 0 spiro atoms. The minimum Gasteiger partial charge on any atom is -0.497 e. The molecule has 2 aromatic rings. The van der Waals surface area contributed by atoms with Gasteiger partial charge >= 0.3 is 0 Å². The number of ether oxygens (including phenoxy) is 1. The highest BCUT2D eigenvalue weighted by Crippen LogP contribution is 2.45. The predicted molar refractivity (Wildman–Crippen MR) is 107 cm³/mol. The van der Waals surface area contributed by atoms with E-state index in [-0.39, 0.29) is 29.7 Å². The molecular weight excluding hydrogens is 368 g/mol. The first-order valence-electron chi connectivity index (χ1n) is 10.1. The number of hydrogen-bond donors (Lipinski definition) is 0. The second-order valence-electron chi connectivity index (χ2n) is 7.74. The van der Waals surface area contributed by atoms with Gasteiger partial charge in [-0.3, -0.25) is 14.6 Å². The van der Waals surface area contributed by atoms with Crippen LogP contribution in [-0.2, 0) is 4.79 Å². The van der Waals surface area contributed by atoms with E-state index in [0.717, 1.165) is 17.7 Å². The fourth-order valence-electron chi connectivity index (χ4n) is 4.62. The standard InChI is InChI=1S/C22H26N4O3/c1-3-4-20(27)26-13-16-12-25(22(28)19-11-23-9-10-24-19)14-18(16)21(26)15-5-7-17(29-2)8-6-15/h5-11,16,18,21H,3-4,12-14H2,1-2H3/t16-,18-,21-/m0/s1. The van der Waals surface area contributed by atoms with Crippen LogP contribution in [0.3, 0.4) is 0 Å². The lowest BCUT2D eigenvalue weighted by atomic mass is 9.89. The van der Waals surface area contributed by atoms with Crippen LogP contribution in [0.5, 0.6) is 5.75 Å². The molecule has 152 valence electrons. The van der Waals surface area contributed by atoms with Crippen LogP contribution >= 0.6 is 0 Å². The van der Waals surface area contributed by atoms with Gasteiger partial charge in [0.2, 0.25) is 5.91 Å². The summed E-state index contributed by atoms with van der Waals surface area (Å²) in [5.41, 5.74) is 1.46. The van der Waals surface area contributed by atoms with E-state index >= 15 is 0 Å². The van der Waals surface area contributed by atoms with Gasteiger partial charge in [0.05, 0.1) is 19.3 Å². The molecule has 3 atom stereocenters. The summed E-state index contributed by atoms with van der Waals surface area (Å²) in [6.07, 6.45) is 5.99. The van der Waals surface area contributed by atoms with Gasteiger partial charge in [0.1, 0.15) is 11.4 Å². The first-order valence-corrected chi connectivity index (χ1v) is 10.1. The van der Waals surface area contributed by atoms with Crippen LogP contribution in [0.1, 0.15) is 41.9 Å². The number of fused-ring (bicyclic) bond motifs is 1. The van der Waals surface area contributed by atoms with Crippen molar-refractivity contribution < 1.29 is 14.3 Å². The summed E-state index contributed by atoms with van der Waals surface area (Å²) < 4.78 is 5.28. The number of aromatic nitrogens is 2. The van der Waals surface area contributed by atoms with Gasteiger partial charge in [0, 0.05) is 50.3 Å². The lowest BCUT2D eigenvalue weighted by molar-refractivity contribution is -0.132. The van der Waals surface area contributed by atoms with Crippen LogP contribution in [0.15, 0.2) is 42.9 Å². The summed E-state index contributed by atoms with van der Waals surface area (Å²) in [5, 5.41) is 0. The van der Waals surface area contributed by atoms with E-state index in [0.29, 0.717) is 31.7 Å². The Morgan fingerprint density at radius 3 is 2.59 bits per heavy atom. The molecule has 0 N–H and O–H groups in total. The zero-order chi connectivity index (χ0) is 20.4. The smallest absolute Gasteiger partial charge is 0.274 e. The molecule has 1 aromatic heterocycles. The molecule has 2 aliphatic heterocycles. The zero-order valence-corrected chi connectivity index (χ0v) is 16.8. The van der Waals surface area contributed by atoms with E-state index < -0.39 is 0 Å². The summed E-state index contributed by atoms with van der Waals surface area (Å²) in [6.45, 7) is 3.97. The van der Waals surface area contributed by atoms with E-state index in [2.05, 4.69) is 9.97 Å². The fourth-order valence-corrected chi connectivity index (χ4v) is 4.62. The Labute approximate surface area is 170 Å². The summed E-state index contributed by atoms with van der Waals surface area (Å²) in [6, 6.07) is 7.91. The largest absolute Gasteiger partial charge is 0.497 e. The summed E-state index contributed by atoms with van der Waals surface area (Å²) in [4.78, 5) is 37.7. The van der Waals surface area contributed by atoms with Gasteiger partial charge in [-0.15, -0.1) is 0 Å². The molecule has 0 saturated carbocycles. The minimum absolute atomic E-state index is 0.0235. The van der Waals surface area contributed by atoms with Crippen molar-refractivity contribution in [3.05, 3.63) is 54.1 Å². The molecule has 2 fully saturated rings. The van der Waals surface area contributed by atoms with Gasteiger partial charge in [-0.05, 0) is 24.1 Å². The molecule has 2 amide bonds. The highest BCUT2D eigenvalue weighted by Gasteiger charge is 2.50. The maximum Gasteiger partial charge on any atom is 0.274 e. The molecule has 0 unspecified atom stereocenters. The Hall–Kier alpha value is -2.96. The van der Waals surface area contributed by atoms with Crippen LogP contribution in [0.25, 0.3) is 0 Å². The maximum atomic E-state index is 12.8. The van der Waals surface area contributed by atoms with Crippen LogP contribution in [0.2, 0.25) is 0 Å². The van der Waals surface area contributed by atoms with Gasteiger partial charge in [-0.25, -0.2) is 4.98 Å². The van der Waals surface area contributed by atoms with Crippen molar-refractivity contribution in [2.75, 3.05) is 26.7 Å². The molecule has 0 bridgehead atoms. The third-order valence-electron chi connectivity index (χ3n) is 5.98. The first-order chi connectivity index (χ1) is 14.1. The van der Waals surface area contributed by atoms with E-state index in [1.165, 1.54) is 12.4 Å². The van der Waals surface area contributed by atoms with Gasteiger partial charge in [-0.2, -0.15) is 0 Å². The molecule has 0 radical (unpaired) electrons. The lowest BCUT2D eigenvalue weighted by Crippen LogP contribution is -2.37. The van der Waals surface area contributed by atoms with Crippen LogP contribution in [0.4, 0.5) is 0 Å². The monoisotopic (exact) mass is 394 g/mol. The third kappa shape index (κ3) is 3.69. The number of likely N-dealkylation sites (tertiary alicyclic amines) is 2. The van der Waals surface area contributed by atoms with Gasteiger partial charge in [-0.1, -0.05) is 19.1 Å². The Morgan fingerprint density at radius 1 is 1.14 bits per heavy atom. The summed E-state index contributed by atoms with van der Waals surface area (Å²) >= 11 is 0. The van der Waals surface area contributed by atoms with E-state index in [1.807, 2.05) is 41.0 Å². The molecule has 3 heterocycles. The highest BCUT2D eigenvalue weighted by atomic mass is 16.5. The Balaban J connectivity index is 1.59. The van der Waals surface area contributed by atoms with Crippen molar-refractivity contribution in [1.29, 1.82) is 0 Å². The number of benzene rings is 1. The van der Waals surface area contributed by atoms with Gasteiger partial charge in [0.15, 0.2) is 0 Å². The van der Waals surface area contributed by atoms with Crippen molar-refractivity contribution in [2.24, 2.45) is 11.8 Å². The average molecular weight is 394 g/mol. The number of hydrogen-bond acceptors (Lipinski definition) is 5. The normalized spacial score (nSPS) is 23.2. The number of rotatable bonds is 5. The molecular formula is C22H26N4O3. The molecule has 29 heavy (non-hydrogen) atoms. The topological polar surface area (TPSA) is 75.6 Å². The molecule has 2 aliphatic rings. The van der Waals surface area contributed by atoms with Crippen molar-refractivity contribution in [1.82, 2.24) is 19.8 Å². The number of amides is 2. The van der Waals surface area contributed by atoms with Crippen molar-refractivity contribution >= 4 is 11.8 Å². The zero-order valence-electron chi connectivity index (χ0n) is 16.8. The van der Waals surface area contributed by atoms with E-state index in [9.17, 15) is 9.59 Å². The SMILES string of the molecule is CCCC(=O)N1C[C@@H]2CN(C(=O)c3cnccn3)C[C@@H]2[C@@H]1c1ccc(OC)cc1. The maximum absolute atomic E-state index is 12.8. The quantitative estimate of drug-likeness (QED) is 0.779. The summed E-state index contributed by atoms with van der Waals surface area (Å²) in [5.74, 6) is 1.37. The van der Waals surface area contributed by atoms with E-state index in [4.69, 9.17) is 4.74 Å². The van der Waals surface area contributed by atoms with Crippen molar-refractivity contribution in [3.63, 3.8) is 0 Å². The predicted octanol–water partition coefficient (Wildman–Crippen LogP) is 2.56. The van der Waals surface area contributed by atoms with Crippen LogP contribution in [0, 0.1) is 11.8 Å². The highest BCUT2D eigenvalue weighted by molar-refractivity contribution is 5.92. The molecule has 2 saturated heterocycles. The van der Waals surface area contributed by atoms with Crippen LogP contribution in [-0.4, -0.2) is 58.3 Å². The van der Waals surface area contributed by atoms with Crippen molar-refractivity contribution in [2.45, 2.75) is 25.8 Å². The number of carbonyl (C=O) groups excluding carboxylic acids is 2. The number of methoxy groups -OCH3 is 1. The summed E-state index contributed by atoms with van der Waals surface area (Å²) in [7, 11) is 1.64. The van der Waals surface area contributed by atoms with Gasteiger partial charge in [0.25, 0.3) is 5.91 Å². The number of nitrogens with zero attached hydrogens (tertiary/aromatic N) is 4. The fraction of sp³-hybridized carbons (Fsp3) is 0.455. The van der Waals surface area contributed by atoms with E-state index in [1.54, 1.807) is 13.3 Å². The molecule has 4 rings (SSSR count). The minimum atomic E-state index is -0.0904. The van der Waals surface area contributed by atoms with Crippen molar-refractivity contribution in [3.8, 4) is 5.75 Å². The second-order valence-corrected chi connectivity index (χ2v) is 7.74. The molecule has 7 nitrogen and oxygen atoms in total. The van der Waals surface area contributed by atoms with Gasteiger partial charge < -0.3 is 14.5 Å². The Bertz CT molecular complexity index is 871. The lowest BCUT2D eigenvalue weighted by Gasteiger charge is -2.30. The Morgan fingerprint density at radius 2 is 1.93 bits per heavy atom.